The van der Waals surface area contributed by atoms with E-state index in [1.54, 1.807) is 7.11 Å². The van der Waals surface area contributed by atoms with Crippen LogP contribution >= 0.6 is 11.6 Å². The summed E-state index contributed by atoms with van der Waals surface area (Å²) in [5, 5.41) is 3.78. The lowest BCUT2D eigenvalue weighted by Gasteiger charge is -2.05. The van der Waals surface area contributed by atoms with Crippen LogP contribution in [0.25, 0.3) is 10.9 Å². The number of aromatic amines is 1. The summed E-state index contributed by atoms with van der Waals surface area (Å²) in [7, 11) is 1.64. The van der Waals surface area contributed by atoms with Crippen molar-refractivity contribution in [3.8, 4) is 5.75 Å². The Morgan fingerprint density at radius 1 is 1.45 bits per heavy atom. The molecule has 0 fully saturated rings. The van der Waals surface area contributed by atoms with Gasteiger partial charge in [0.2, 0.25) is 0 Å². The normalized spacial score (nSPS) is 10.5. The summed E-state index contributed by atoms with van der Waals surface area (Å²) in [5.41, 5.74) is 2.17. The second-order valence-electron chi connectivity index (χ2n) is 4.23. The van der Waals surface area contributed by atoms with Crippen molar-refractivity contribution in [3.63, 3.8) is 0 Å². The number of methoxy groups -OCH3 is 1. The smallest absolute Gasteiger partial charge is 0.407 e. The number of hydrogen-bond donors (Lipinski definition) is 2. The van der Waals surface area contributed by atoms with Crippen molar-refractivity contribution < 1.29 is 14.3 Å². The van der Waals surface area contributed by atoms with E-state index in [9.17, 15) is 4.79 Å². The molecule has 0 spiro atoms. The van der Waals surface area contributed by atoms with E-state index in [2.05, 4.69) is 10.3 Å². The number of H-pyrrole nitrogens is 1. The van der Waals surface area contributed by atoms with E-state index < -0.39 is 6.09 Å². The molecule has 1 heterocycles. The number of amides is 1. The van der Waals surface area contributed by atoms with Crippen LogP contribution in [0.4, 0.5) is 4.79 Å². The zero-order valence-corrected chi connectivity index (χ0v) is 12.0. The van der Waals surface area contributed by atoms with Gasteiger partial charge in [-0.2, -0.15) is 0 Å². The third kappa shape index (κ3) is 3.57. The molecular formula is C14H17ClN2O3. The van der Waals surface area contributed by atoms with E-state index in [1.807, 2.05) is 24.4 Å². The van der Waals surface area contributed by atoms with Crippen molar-refractivity contribution in [2.24, 2.45) is 0 Å². The number of ether oxygens (including phenoxy) is 2. The number of benzene rings is 1. The standard InChI is InChI=1S/C14H17ClN2O3/c1-19-11-2-3-13-12(8-11)10(9-17-13)4-6-16-14(18)20-7-5-15/h2-3,8-9,17H,4-7H2,1H3,(H,16,18). The lowest BCUT2D eigenvalue weighted by atomic mass is 10.1. The van der Waals surface area contributed by atoms with E-state index in [1.165, 1.54) is 0 Å². The number of hydrogen-bond acceptors (Lipinski definition) is 3. The zero-order chi connectivity index (χ0) is 14.4. The monoisotopic (exact) mass is 296 g/mol. The molecule has 0 unspecified atom stereocenters. The van der Waals surface area contributed by atoms with Gasteiger partial charge in [0, 0.05) is 23.6 Å². The molecule has 0 aliphatic carbocycles. The summed E-state index contributed by atoms with van der Waals surface area (Å²) >= 11 is 5.43. The highest BCUT2D eigenvalue weighted by molar-refractivity contribution is 6.18. The minimum Gasteiger partial charge on any atom is -0.497 e. The van der Waals surface area contributed by atoms with Gasteiger partial charge >= 0.3 is 6.09 Å². The first kappa shape index (κ1) is 14.5. The fourth-order valence-electron chi connectivity index (χ4n) is 1.97. The summed E-state index contributed by atoms with van der Waals surface area (Å²) in [4.78, 5) is 14.5. The molecule has 108 valence electrons. The lowest BCUT2D eigenvalue weighted by Crippen LogP contribution is -2.27. The number of nitrogens with one attached hydrogen (secondary N) is 2. The molecule has 5 nitrogen and oxygen atoms in total. The Hall–Kier alpha value is -1.88. The summed E-state index contributed by atoms with van der Waals surface area (Å²) in [6, 6.07) is 5.86. The number of alkyl halides is 1. The van der Waals surface area contributed by atoms with Crippen LogP contribution in [-0.2, 0) is 11.2 Å². The van der Waals surface area contributed by atoms with Gasteiger partial charge in [-0.15, -0.1) is 11.6 Å². The molecule has 1 aromatic carbocycles. The summed E-state index contributed by atoms with van der Waals surface area (Å²) < 4.78 is 10.0. The van der Waals surface area contributed by atoms with Gasteiger partial charge in [-0.3, -0.25) is 0 Å². The molecule has 0 aliphatic heterocycles. The van der Waals surface area contributed by atoms with Gasteiger partial charge in [-0.1, -0.05) is 0 Å². The molecule has 0 aliphatic rings. The lowest BCUT2D eigenvalue weighted by molar-refractivity contribution is 0.153. The maximum absolute atomic E-state index is 11.3. The van der Waals surface area contributed by atoms with Gasteiger partial charge in [0.1, 0.15) is 12.4 Å². The fraction of sp³-hybridized carbons (Fsp3) is 0.357. The Labute approximate surface area is 122 Å². The van der Waals surface area contributed by atoms with E-state index >= 15 is 0 Å². The highest BCUT2D eigenvalue weighted by Crippen LogP contribution is 2.23. The van der Waals surface area contributed by atoms with Crippen LogP contribution in [0.5, 0.6) is 5.75 Å². The van der Waals surface area contributed by atoms with Crippen molar-refractivity contribution in [3.05, 3.63) is 30.0 Å². The molecule has 1 amide bonds. The van der Waals surface area contributed by atoms with Gasteiger partial charge in [-0.25, -0.2) is 4.79 Å². The average molecular weight is 297 g/mol. The summed E-state index contributed by atoms with van der Waals surface area (Å²) in [5.74, 6) is 1.11. The molecule has 0 bridgehead atoms. The molecule has 0 radical (unpaired) electrons. The number of carbonyl (C=O) groups is 1. The summed E-state index contributed by atoms with van der Waals surface area (Å²) in [6.07, 6.45) is 2.21. The van der Waals surface area contributed by atoms with Crippen LogP contribution in [0.2, 0.25) is 0 Å². The van der Waals surface area contributed by atoms with E-state index in [4.69, 9.17) is 21.1 Å². The van der Waals surface area contributed by atoms with Gasteiger partial charge in [0.05, 0.1) is 13.0 Å². The maximum atomic E-state index is 11.3. The fourth-order valence-corrected chi connectivity index (χ4v) is 2.05. The van der Waals surface area contributed by atoms with E-state index in [0.29, 0.717) is 18.8 Å². The minimum absolute atomic E-state index is 0.220. The van der Waals surface area contributed by atoms with Crippen molar-refractivity contribution in [2.45, 2.75) is 6.42 Å². The molecule has 2 rings (SSSR count). The van der Waals surface area contributed by atoms with Gasteiger partial charge in [0.15, 0.2) is 0 Å². The highest BCUT2D eigenvalue weighted by Gasteiger charge is 2.06. The second-order valence-corrected chi connectivity index (χ2v) is 4.61. The molecule has 2 aromatic rings. The quantitative estimate of drug-likeness (QED) is 0.806. The zero-order valence-electron chi connectivity index (χ0n) is 11.2. The SMILES string of the molecule is COc1ccc2[nH]cc(CCNC(=O)OCCCl)c2c1. The van der Waals surface area contributed by atoms with E-state index in [0.717, 1.165) is 22.2 Å². The Balaban J connectivity index is 1.94. The first-order chi connectivity index (χ1) is 9.74. The molecule has 6 heteroatoms. The van der Waals surface area contributed by atoms with Crippen LogP contribution in [0.3, 0.4) is 0 Å². The van der Waals surface area contributed by atoms with Crippen molar-refractivity contribution in [1.29, 1.82) is 0 Å². The van der Waals surface area contributed by atoms with Crippen molar-refractivity contribution in [1.82, 2.24) is 10.3 Å². The van der Waals surface area contributed by atoms with Crippen LogP contribution in [-0.4, -0.2) is 37.2 Å². The molecule has 1 aromatic heterocycles. The van der Waals surface area contributed by atoms with Gasteiger partial charge in [-0.05, 0) is 30.2 Å². The Kier molecular flexibility index (Phi) is 5.12. The topological polar surface area (TPSA) is 63.3 Å². The summed E-state index contributed by atoms with van der Waals surface area (Å²) in [6.45, 7) is 0.725. The van der Waals surface area contributed by atoms with Crippen molar-refractivity contribution >= 4 is 28.6 Å². The van der Waals surface area contributed by atoms with E-state index in [-0.39, 0.29) is 6.61 Å². The Morgan fingerprint density at radius 3 is 3.05 bits per heavy atom. The molecule has 2 N–H and O–H groups in total. The molecule has 0 saturated carbocycles. The number of alkyl carbamates (subject to hydrolysis) is 1. The third-order valence-electron chi connectivity index (χ3n) is 2.95. The third-order valence-corrected chi connectivity index (χ3v) is 3.10. The molecule has 0 saturated heterocycles. The van der Waals surface area contributed by atoms with Crippen LogP contribution < -0.4 is 10.1 Å². The number of carbonyl (C=O) groups excluding carboxylic acids is 1. The number of rotatable bonds is 6. The second kappa shape index (κ2) is 7.05. The van der Waals surface area contributed by atoms with Gasteiger partial charge < -0.3 is 19.8 Å². The predicted molar refractivity (Wildman–Crippen MR) is 78.6 cm³/mol. The Morgan fingerprint density at radius 2 is 2.30 bits per heavy atom. The first-order valence-electron chi connectivity index (χ1n) is 6.35. The van der Waals surface area contributed by atoms with Gasteiger partial charge in [0.25, 0.3) is 0 Å². The maximum Gasteiger partial charge on any atom is 0.407 e. The van der Waals surface area contributed by atoms with Crippen molar-refractivity contribution in [2.75, 3.05) is 26.1 Å². The highest BCUT2D eigenvalue weighted by atomic mass is 35.5. The minimum atomic E-state index is -0.442. The first-order valence-corrected chi connectivity index (χ1v) is 6.88. The Bertz CT molecular complexity index is 583. The molecular weight excluding hydrogens is 280 g/mol. The number of fused-ring (bicyclic) bond motifs is 1. The molecule has 20 heavy (non-hydrogen) atoms. The van der Waals surface area contributed by atoms with Crippen LogP contribution in [0, 0.1) is 0 Å². The predicted octanol–water partition coefficient (Wildman–Crippen LogP) is 2.68. The molecule has 0 atom stereocenters. The van der Waals surface area contributed by atoms with Crippen LogP contribution in [0.1, 0.15) is 5.56 Å². The number of aromatic nitrogens is 1. The number of halogens is 1. The largest absolute Gasteiger partial charge is 0.497 e. The van der Waals surface area contributed by atoms with Crippen LogP contribution in [0.15, 0.2) is 24.4 Å². The average Bonchev–Trinajstić information content (AvgIpc) is 2.87.